The quantitative estimate of drug-likeness (QED) is 0.764. The maximum Gasteiger partial charge on any atom is 0.165 e. The van der Waals surface area contributed by atoms with Gasteiger partial charge in [-0.15, -0.1) is 0 Å². The van der Waals surface area contributed by atoms with Crippen LogP contribution in [0.4, 0.5) is 0 Å². The van der Waals surface area contributed by atoms with E-state index < -0.39 is 0 Å². The maximum absolute atomic E-state index is 5.19. The summed E-state index contributed by atoms with van der Waals surface area (Å²) in [5, 5.41) is 4.45. The summed E-state index contributed by atoms with van der Waals surface area (Å²) in [6.45, 7) is 3.06. The van der Waals surface area contributed by atoms with E-state index in [2.05, 4.69) is 34.3 Å². The van der Waals surface area contributed by atoms with Crippen molar-refractivity contribution < 1.29 is 4.74 Å². The van der Waals surface area contributed by atoms with Crippen LogP contribution in [0.1, 0.15) is 18.5 Å². The molecule has 1 aromatic carbocycles. The Balaban J connectivity index is 2.01. The molecule has 0 bridgehead atoms. The van der Waals surface area contributed by atoms with E-state index in [1.54, 1.807) is 25.1 Å². The molecule has 19 heavy (non-hydrogen) atoms. The Hall–Kier alpha value is -1.46. The highest BCUT2D eigenvalue weighted by Gasteiger charge is 2.11. The number of imidazole rings is 1. The number of methoxy groups -OCH3 is 1. The zero-order valence-electron chi connectivity index (χ0n) is 11.2. The average molecular weight is 277 g/mol. The molecule has 2 rings (SSSR count). The van der Waals surface area contributed by atoms with Crippen LogP contribution in [0.15, 0.2) is 41.8 Å². The largest absolute Gasteiger partial charge is 0.497 e. The summed E-state index contributed by atoms with van der Waals surface area (Å²) in [6.07, 6.45) is 3.62. The number of nitrogens with one attached hydrogen (secondary N) is 2. The third-order valence-electron chi connectivity index (χ3n) is 2.83. The minimum Gasteiger partial charge on any atom is -0.497 e. The third-order valence-corrected chi connectivity index (χ3v) is 3.83. The molecule has 0 aliphatic rings. The standard InChI is InChI=1S/C14H19N3OS/c1-3-15-13(10-19-14-16-8-9-17-14)11-4-6-12(18-2)7-5-11/h4-9,13,15H,3,10H2,1-2H3,(H,16,17). The van der Waals surface area contributed by atoms with Crippen LogP contribution in [0.3, 0.4) is 0 Å². The molecule has 0 aliphatic carbocycles. The van der Waals surface area contributed by atoms with Crippen molar-refractivity contribution >= 4 is 11.8 Å². The van der Waals surface area contributed by atoms with Gasteiger partial charge in [0, 0.05) is 24.2 Å². The van der Waals surface area contributed by atoms with E-state index in [0.29, 0.717) is 6.04 Å². The zero-order valence-corrected chi connectivity index (χ0v) is 12.0. The van der Waals surface area contributed by atoms with Gasteiger partial charge in [-0.1, -0.05) is 30.8 Å². The molecule has 1 unspecified atom stereocenters. The lowest BCUT2D eigenvalue weighted by atomic mass is 10.1. The van der Waals surface area contributed by atoms with Crippen LogP contribution < -0.4 is 10.1 Å². The highest BCUT2D eigenvalue weighted by atomic mass is 32.2. The van der Waals surface area contributed by atoms with Gasteiger partial charge in [0.1, 0.15) is 5.75 Å². The van der Waals surface area contributed by atoms with E-state index >= 15 is 0 Å². The van der Waals surface area contributed by atoms with E-state index in [4.69, 9.17) is 4.74 Å². The van der Waals surface area contributed by atoms with Crippen molar-refractivity contribution in [1.29, 1.82) is 0 Å². The average Bonchev–Trinajstić information content (AvgIpc) is 2.97. The normalized spacial score (nSPS) is 12.3. The molecule has 1 aromatic heterocycles. The van der Waals surface area contributed by atoms with Crippen molar-refractivity contribution in [3.63, 3.8) is 0 Å². The molecule has 1 atom stereocenters. The lowest BCUT2D eigenvalue weighted by Crippen LogP contribution is -2.22. The Labute approximate surface area is 118 Å². The first-order valence-electron chi connectivity index (χ1n) is 6.33. The lowest BCUT2D eigenvalue weighted by Gasteiger charge is -2.17. The van der Waals surface area contributed by atoms with Gasteiger partial charge in [-0.25, -0.2) is 4.98 Å². The van der Waals surface area contributed by atoms with Crippen molar-refractivity contribution in [3.8, 4) is 5.75 Å². The van der Waals surface area contributed by atoms with Crippen LogP contribution in [-0.4, -0.2) is 29.4 Å². The summed E-state index contributed by atoms with van der Waals surface area (Å²) in [7, 11) is 1.68. The van der Waals surface area contributed by atoms with Crippen LogP contribution in [0, 0.1) is 0 Å². The fraction of sp³-hybridized carbons (Fsp3) is 0.357. The molecule has 5 heteroatoms. The minimum atomic E-state index is 0.311. The second kappa shape index (κ2) is 7.21. The highest BCUT2D eigenvalue weighted by Crippen LogP contribution is 2.23. The molecular formula is C14H19N3OS. The summed E-state index contributed by atoms with van der Waals surface area (Å²) in [6, 6.07) is 8.52. The number of thioether (sulfide) groups is 1. The number of hydrogen-bond donors (Lipinski definition) is 2. The summed E-state index contributed by atoms with van der Waals surface area (Å²) in [5.41, 5.74) is 1.27. The molecule has 0 fully saturated rings. The molecule has 4 nitrogen and oxygen atoms in total. The van der Waals surface area contributed by atoms with Crippen molar-refractivity contribution in [2.75, 3.05) is 19.4 Å². The second-order valence-corrected chi connectivity index (χ2v) is 5.10. The van der Waals surface area contributed by atoms with Gasteiger partial charge in [0.15, 0.2) is 5.16 Å². The molecule has 1 heterocycles. The minimum absolute atomic E-state index is 0.311. The maximum atomic E-state index is 5.19. The molecule has 2 N–H and O–H groups in total. The monoisotopic (exact) mass is 277 g/mol. The number of ether oxygens (including phenoxy) is 1. The summed E-state index contributed by atoms with van der Waals surface area (Å²) < 4.78 is 5.19. The second-order valence-electron chi connectivity index (χ2n) is 4.09. The number of H-pyrrole nitrogens is 1. The molecule has 0 saturated heterocycles. The first-order chi connectivity index (χ1) is 9.33. The van der Waals surface area contributed by atoms with E-state index in [0.717, 1.165) is 23.2 Å². The van der Waals surface area contributed by atoms with Crippen LogP contribution in [0.2, 0.25) is 0 Å². The summed E-state index contributed by atoms with van der Waals surface area (Å²) >= 11 is 1.72. The third kappa shape index (κ3) is 4.01. The topological polar surface area (TPSA) is 49.9 Å². The molecule has 2 aromatic rings. The fourth-order valence-corrected chi connectivity index (χ4v) is 2.77. The predicted molar refractivity (Wildman–Crippen MR) is 78.7 cm³/mol. The van der Waals surface area contributed by atoms with E-state index in [1.807, 2.05) is 18.3 Å². The number of hydrogen-bond acceptors (Lipinski definition) is 4. The fourth-order valence-electron chi connectivity index (χ4n) is 1.85. The number of nitrogens with zero attached hydrogens (tertiary/aromatic N) is 1. The molecule has 0 saturated carbocycles. The Morgan fingerprint density at radius 3 is 2.74 bits per heavy atom. The number of aromatic amines is 1. The van der Waals surface area contributed by atoms with Crippen LogP contribution in [0.5, 0.6) is 5.75 Å². The zero-order chi connectivity index (χ0) is 13.5. The lowest BCUT2D eigenvalue weighted by molar-refractivity contribution is 0.414. The van der Waals surface area contributed by atoms with Gasteiger partial charge in [-0.2, -0.15) is 0 Å². The van der Waals surface area contributed by atoms with Crippen molar-refractivity contribution in [2.24, 2.45) is 0 Å². The van der Waals surface area contributed by atoms with E-state index in [-0.39, 0.29) is 0 Å². The number of rotatable bonds is 7. The van der Waals surface area contributed by atoms with Gasteiger partial charge < -0.3 is 15.0 Å². The van der Waals surface area contributed by atoms with Gasteiger partial charge in [-0.3, -0.25) is 0 Å². The predicted octanol–water partition coefficient (Wildman–Crippen LogP) is 2.86. The molecule has 0 spiro atoms. The van der Waals surface area contributed by atoms with Gasteiger partial charge in [-0.05, 0) is 24.2 Å². The van der Waals surface area contributed by atoms with Gasteiger partial charge >= 0.3 is 0 Å². The van der Waals surface area contributed by atoms with Crippen LogP contribution in [-0.2, 0) is 0 Å². The molecular weight excluding hydrogens is 258 g/mol. The van der Waals surface area contributed by atoms with Crippen molar-refractivity contribution in [3.05, 3.63) is 42.2 Å². The molecule has 0 amide bonds. The SMILES string of the molecule is CCNC(CSc1ncc[nH]1)c1ccc(OC)cc1. The van der Waals surface area contributed by atoms with Gasteiger partial charge in [0.25, 0.3) is 0 Å². The first-order valence-corrected chi connectivity index (χ1v) is 7.31. The summed E-state index contributed by atoms with van der Waals surface area (Å²) in [5.74, 6) is 1.82. The van der Waals surface area contributed by atoms with Crippen molar-refractivity contribution in [1.82, 2.24) is 15.3 Å². The highest BCUT2D eigenvalue weighted by molar-refractivity contribution is 7.99. The smallest absolute Gasteiger partial charge is 0.165 e. The molecule has 0 radical (unpaired) electrons. The van der Waals surface area contributed by atoms with E-state index in [9.17, 15) is 0 Å². The number of aromatic nitrogens is 2. The molecule has 0 aliphatic heterocycles. The molecule has 102 valence electrons. The Morgan fingerprint density at radius 2 is 2.16 bits per heavy atom. The Morgan fingerprint density at radius 1 is 1.37 bits per heavy atom. The van der Waals surface area contributed by atoms with Crippen LogP contribution >= 0.6 is 11.8 Å². The van der Waals surface area contributed by atoms with E-state index in [1.165, 1.54) is 5.56 Å². The van der Waals surface area contributed by atoms with Crippen LogP contribution in [0.25, 0.3) is 0 Å². The van der Waals surface area contributed by atoms with Crippen molar-refractivity contribution in [2.45, 2.75) is 18.1 Å². The Kier molecular flexibility index (Phi) is 5.30. The Bertz CT molecular complexity index is 470. The first kappa shape index (κ1) is 14.0. The van der Waals surface area contributed by atoms with Gasteiger partial charge in [0.2, 0.25) is 0 Å². The summed E-state index contributed by atoms with van der Waals surface area (Å²) in [4.78, 5) is 7.34. The van der Waals surface area contributed by atoms with Gasteiger partial charge in [0.05, 0.1) is 7.11 Å². The number of benzene rings is 1.